The molecule has 2 aliphatic rings. The fraction of sp³-hybridized carbons (Fsp3) is 0.400. The van der Waals surface area contributed by atoms with Crippen LogP contribution in [0, 0.1) is 0 Å². The first kappa shape index (κ1) is 18.3. The third-order valence-electron chi connectivity index (χ3n) is 5.52. The van der Waals surface area contributed by atoms with E-state index in [1.807, 2.05) is 35.2 Å². The zero-order valence-electron chi connectivity index (χ0n) is 15.2. The molecule has 1 atom stereocenters. The molecular weight excluding hydrogens is 358 g/mol. The first-order chi connectivity index (χ1) is 13.2. The molecule has 2 saturated heterocycles. The SMILES string of the molecule is O=C1CNC2(CCN(C(S)Nc3ccncc3)CC2)N1Cc1ccccc1. The number of pyridine rings is 1. The van der Waals surface area contributed by atoms with E-state index >= 15 is 0 Å². The Morgan fingerprint density at radius 1 is 1.15 bits per heavy atom. The summed E-state index contributed by atoms with van der Waals surface area (Å²) in [5, 5.41) is 6.90. The Morgan fingerprint density at radius 3 is 2.56 bits per heavy atom. The average molecular weight is 384 g/mol. The quantitative estimate of drug-likeness (QED) is 0.545. The Balaban J connectivity index is 1.40. The molecule has 3 heterocycles. The van der Waals surface area contributed by atoms with Crippen molar-refractivity contribution in [3.63, 3.8) is 0 Å². The molecule has 1 amide bonds. The summed E-state index contributed by atoms with van der Waals surface area (Å²) in [4.78, 5) is 20.9. The summed E-state index contributed by atoms with van der Waals surface area (Å²) in [5.41, 5.74) is 1.87. The van der Waals surface area contributed by atoms with Crippen LogP contribution < -0.4 is 10.6 Å². The molecule has 2 fully saturated rings. The number of thiol groups is 1. The van der Waals surface area contributed by atoms with Crippen molar-refractivity contribution < 1.29 is 4.79 Å². The van der Waals surface area contributed by atoms with Crippen molar-refractivity contribution in [3.8, 4) is 0 Å². The maximum absolute atomic E-state index is 12.5. The minimum Gasteiger partial charge on any atom is -0.361 e. The molecule has 142 valence electrons. The molecule has 0 aliphatic carbocycles. The van der Waals surface area contributed by atoms with Gasteiger partial charge in [0.25, 0.3) is 0 Å². The molecule has 7 heteroatoms. The van der Waals surface area contributed by atoms with Gasteiger partial charge in [-0.25, -0.2) is 0 Å². The zero-order valence-corrected chi connectivity index (χ0v) is 16.1. The van der Waals surface area contributed by atoms with Crippen molar-refractivity contribution in [3.05, 3.63) is 60.4 Å². The number of hydrogen-bond donors (Lipinski definition) is 3. The Bertz CT molecular complexity index is 764. The highest BCUT2D eigenvalue weighted by Gasteiger charge is 2.47. The summed E-state index contributed by atoms with van der Waals surface area (Å²) in [5.74, 6) is 0.185. The van der Waals surface area contributed by atoms with Crippen LogP contribution in [0.5, 0.6) is 0 Å². The molecule has 6 nitrogen and oxygen atoms in total. The molecule has 1 aromatic carbocycles. The van der Waals surface area contributed by atoms with Crippen LogP contribution in [0.15, 0.2) is 54.9 Å². The van der Waals surface area contributed by atoms with Gasteiger partial charge in [-0.3, -0.25) is 20.0 Å². The van der Waals surface area contributed by atoms with Crippen LogP contribution in [0.2, 0.25) is 0 Å². The molecule has 0 radical (unpaired) electrons. The Labute approximate surface area is 165 Å². The van der Waals surface area contributed by atoms with Crippen molar-refractivity contribution in [1.82, 2.24) is 20.1 Å². The largest absolute Gasteiger partial charge is 0.361 e. The van der Waals surface area contributed by atoms with Crippen LogP contribution in [-0.4, -0.2) is 51.5 Å². The fourth-order valence-corrected chi connectivity index (χ4v) is 4.33. The first-order valence-electron chi connectivity index (χ1n) is 9.34. The van der Waals surface area contributed by atoms with Gasteiger partial charge in [-0.05, 0) is 30.5 Å². The van der Waals surface area contributed by atoms with E-state index in [-0.39, 0.29) is 17.1 Å². The molecule has 2 aliphatic heterocycles. The van der Waals surface area contributed by atoms with Crippen LogP contribution in [0.25, 0.3) is 0 Å². The third-order valence-corrected chi connectivity index (χ3v) is 5.97. The van der Waals surface area contributed by atoms with E-state index in [0.717, 1.165) is 31.6 Å². The smallest absolute Gasteiger partial charge is 0.238 e. The summed E-state index contributed by atoms with van der Waals surface area (Å²) in [6, 6.07) is 14.1. The lowest BCUT2D eigenvalue weighted by Gasteiger charge is -2.46. The van der Waals surface area contributed by atoms with Gasteiger partial charge in [0.1, 0.15) is 5.50 Å². The molecule has 2 aromatic rings. The number of piperidine rings is 1. The highest BCUT2D eigenvalue weighted by Crippen LogP contribution is 2.32. The van der Waals surface area contributed by atoms with E-state index < -0.39 is 0 Å². The van der Waals surface area contributed by atoms with Crippen LogP contribution in [-0.2, 0) is 11.3 Å². The van der Waals surface area contributed by atoms with Crippen LogP contribution >= 0.6 is 12.6 Å². The molecule has 27 heavy (non-hydrogen) atoms. The van der Waals surface area contributed by atoms with E-state index in [1.54, 1.807) is 12.4 Å². The Kier molecular flexibility index (Phi) is 5.33. The van der Waals surface area contributed by atoms with Gasteiger partial charge in [0.15, 0.2) is 0 Å². The summed E-state index contributed by atoms with van der Waals surface area (Å²) >= 11 is 4.73. The number of aromatic nitrogens is 1. The van der Waals surface area contributed by atoms with Gasteiger partial charge in [0, 0.05) is 37.7 Å². The van der Waals surface area contributed by atoms with E-state index in [1.165, 1.54) is 5.56 Å². The number of likely N-dealkylation sites (tertiary alicyclic amines) is 1. The number of benzene rings is 1. The summed E-state index contributed by atoms with van der Waals surface area (Å²) in [6.07, 6.45) is 5.31. The number of carbonyl (C=O) groups excluding carboxylic acids is 1. The predicted molar refractivity (Wildman–Crippen MR) is 109 cm³/mol. The Hall–Kier alpha value is -2.09. The van der Waals surface area contributed by atoms with Crippen LogP contribution in [0.3, 0.4) is 0 Å². The fourth-order valence-electron chi connectivity index (χ4n) is 3.95. The lowest BCUT2D eigenvalue weighted by molar-refractivity contribution is -0.132. The number of carbonyl (C=O) groups is 1. The third kappa shape index (κ3) is 3.95. The topological polar surface area (TPSA) is 60.5 Å². The average Bonchev–Trinajstić information content (AvgIpc) is 3.00. The first-order valence-corrected chi connectivity index (χ1v) is 9.86. The molecule has 0 bridgehead atoms. The number of hydrogen-bond acceptors (Lipinski definition) is 6. The second-order valence-corrected chi connectivity index (χ2v) is 7.63. The second-order valence-electron chi connectivity index (χ2n) is 7.14. The zero-order chi connectivity index (χ0) is 18.7. The maximum Gasteiger partial charge on any atom is 0.238 e. The standard InChI is InChI=1S/C20H25N5OS/c26-18-14-22-20(25(18)15-16-4-2-1-3-5-16)8-12-24(13-9-20)19(27)23-17-6-10-21-11-7-17/h1-7,10-11,19,22,27H,8-9,12-15H2,(H,21,23). The number of amides is 1. The molecule has 4 rings (SSSR count). The van der Waals surface area contributed by atoms with Gasteiger partial charge in [-0.15, -0.1) is 12.6 Å². The van der Waals surface area contributed by atoms with Crippen molar-refractivity contribution in [2.45, 2.75) is 30.5 Å². The maximum atomic E-state index is 12.5. The molecular formula is C20H25N5OS. The van der Waals surface area contributed by atoms with Crippen molar-refractivity contribution >= 4 is 24.2 Å². The van der Waals surface area contributed by atoms with E-state index in [0.29, 0.717) is 13.1 Å². The highest BCUT2D eigenvalue weighted by molar-refractivity contribution is 7.81. The summed E-state index contributed by atoms with van der Waals surface area (Å²) in [6.45, 7) is 2.83. The van der Waals surface area contributed by atoms with Gasteiger partial charge in [0.2, 0.25) is 5.91 Å². The molecule has 2 N–H and O–H groups in total. The molecule has 1 aromatic heterocycles. The van der Waals surface area contributed by atoms with Crippen molar-refractivity contribution in [1.29, 1.82) is 0 Å². The number of nitrogens with one attached hydrogen (secondary N) is 2. The summed E-state index contributed by atoms with van der Waals surface area (Å²) < 4.78 is 0. The Morgan fingerprint density at radius 2 is 1.85 bits per heavy atom. The summed E-state index contributed by atoms with van der Waals surface area (Å²) in [7, 11) is 0. The van der Waals surface area contributed by atoms with Crippen molar-refractivity contribution in [2.24, 2.45) is 0 Å². The van der Waals surface area contributed by atoms with Crippen LogP contribution in [0.1, 0.15) is 18.4 Å². The number of nitrogens with zero attached hydrogens (tertiary/aromatic N) is 3. The minimum absolute atomic E-state index is 0.0653. The molecule has 1 unspecified atom stereocenters. The van der Waals surface area contributed by atoms with Crippen molar-refractivity contribution in [2.75, 3.05) is 25.0 Å². The van der Waals surface area contributed by atoms with Gasteiger partial charge in [-0.2, -0.15) is 0 Å². The predicted octanol–water partition coefficient (Wildman–Crippen LogP) is 2.13. The minimum atomic E-state index is -0.242. The van der Waals surface area contributed by atoms with E-state index in [2.05, 4.69) is 32.7 Å². The lowest BCUT2D eigenvalue weighted by atomic mass is 9.95. The highest BCUT2D eigenvalue weighted by atomic mass is 32.1. The van der Waals surface area contributed by atoms with Gasteiger partial charge in [-0.1, -0.05) is 30.3 Å². The van der Waals surface area contributed by atoms with E-state index in [9.17, 15) is 4.79 Å². The van der Waals surface area contributed by atoms with Crippen LogP contribution in [0.4, 0.5) is 5.69 Å². The second kappa shape index (κ2) is 7.88. The monoisotopic (exact) mass is 383 g/mol. The number of rotatable bonds is 5. The van der Waals surface area contributed by atoms with Gasteiger partial charge >= 0.3 is 0 Å². The van der Waals surface area contributed by atoms with Gasteiger partial charge < -0.3 is 10.2 Å². The normalized spacial score (nSPS) is 20.8. The molecule has 0 saturated carbocycles. The van der Waals surface area contributed by atoms with Gasteiger partial charge in [0.05, 0.1) is 12.2 Å². The van der Waals surface area contributed by atoms with E-state index in [4.69, 9.17) is 12.6 Å². The lowest BCUT2D eigenvalue weighted by Crippen LogP contribution is -2.59. The molecule has 1 spiro atoms. The number of anilines is 1.